The van der Waals surface area contributed by atoms with Gasteiger partial charge in [-0.15, -0.1) is 11.8 Å². The molecule has 0 radical (unpaired) electrons. The highest BCUT2D eigenvalue weighted by Crippen LogP contribution is 2.17. The monoisotopic (exact) mass is 250 g/mol. The Morgan fingerprint density at radius 2 is 2.35 bits per heavy atom. The Morgan fingerprint density at radius 1 is 1.53 bits per heavy atom. The first-order valence-corrected chi connectivity index (χ1v) is 6.61. The number of aryl methyl sites for hydroxylation is 1. The third kappa shape index (κ3) is 3.00. The second-order valence-electron chi connectivity index (χ2n) is 3.78. The summed E-state index contributed by atoms with van der Waals surface area (Å²) in [7, 11) is 0. The molecule has 1 aromatic carbocycles. The van der Waals surface area contributed by atoms with Crippen molar-refractivity contribution < 1.29 is 9.90 Å². The van der Waals surface area contributed by atoms with Crippen LogP contribution in [0.25, 0.3) is 11.0 Å². The number of carbonyl (C=O) groups is 1. The van der Waals surface area contributed by atoms with Crippen LogP contribution in [0.1, 0.15) is 18.3 Å². The predicted octanol–water partition coefficient (Wildman–Crippen LogP) is 2.44. The van der Waals surface area contributed by atoms with Crippen molar-refractivity contribution in [2.24, 2.45) is 0 Å². The van der Waals surface area contributed by atoms with Gasteiger partial charge in [0.1, 0.15) is 5.82 Å². The molecule has 0 aliphatic carbocycles. The van der Waals surface area contributed by atoms with Crippen LogP contribution < -0.4 is 0 Å². The summed E-state index contributed by atoms with van der Waals surface area (Å²) in [6.07, 6.45) is 0.998. The molecule has 0 fully saturated rings. The lowest BCUT2D eigenvalue weighted by molar-refractivity contribution is -0.133. The molecule has 2 N–H and O–H groups in total. The van der Waals surface area contributed by atoms with Crippen molar-refractivity contribution in [2.75, 3.05) is 5.75 Å². The summed E-state index contributed by atoms with van der Waals surface area (Å²) in [4.78, 5) is 18.0. The molecule has 0 amide bonds. The average molecular weight is 250 g/mol. The molecule has 5 heteroatoms. The Hall–Kier alpha value is -1.49. The fraction of sp³-hybridized carbons (Fsp3) is 0.333. The van der Waals surface area contributed by atoms with E-state index in [-0.39, 0.29) is 5.75 Å². The maximum atomic E-state index is 10.4. The molecular formula is C12H14N2O2S. The molecule has 90 valence electrons. The summed E-state index contributed by atoms with van der Waals surface area (Å²) < 4.78 is 0. The molecule has 0 atom stereocenters. The van der Waals surface area contributed by atoms with Gasteiger partial charge in [-0.2, -0.15) is 0 Å². The number of hydrogen-bond donors (Lipinski definition) is 2. The molecule has 17 heavy (non-hydrogen) atoms. The highest BCUT2D eigenvalue weighted by Gasteiger charge is 2.04. The van der Waals surface area contributed by atoms with E-state index in [0.717, 1.165) is 23.3 Å². The molecular weight excluding hydrogens is 236 g/mol. The van der Waals surface area contributed by atoms with Crippen molar-refractivity contribution in [3.8, 4) is 0 Å². The highest BCUT2D eigenvalue weighted by molar-refractivity contribution is 7.99. The summed E-state index contributed by atoms with van der Waals surface area (Å²) in [6.45, 7) is 2.11. The minimum atomic E-state index is -0.792. The maximum Gasteiger partial charge on any atom is 0.313 e. The van der Waals surface area contributed by atoms with Gasteiger partial charge in [0.2, 0.25) is 0 Å². The quantitative estimate of drug-likeness (QED) is 0.855. The standard InChI is InChI=1S/C12H14N2O2S/c1-2-8-3-4-9-10(5-8)14-11(13-9)6-17-7-12(15)16/h3-5H,2,6-7H2,1H3,(H,13,14)(H,15,16). The number of aromatic nitrogens is 2. The Morgan fingerprint density at radius 3 is 3.06 bits per heavy atom. The minimum Gasteiger partial charge on any atom is -0.481 e. The molecule has 0 unspecified atom stereocenters. The van der Waals surface area contributed by atoms with E-state index in [0.29, 0.717) is 5.75 Å². The SMILES string of the molecule is CCc1ccc2nc(CSCC(=O)O)[nH]c2c1. The number of thioether (sulfide) groups is 1. The van der Waals surface area contributed by atoms with Crippen LogP contribution >= 0.6 is 11.8 Å². The first-order chi connectivity index (χ1) is 8.19. The summed E-state index contributed by atoms with van der Waals surface area (Å²) >= 11 is 1.35. The number of aliphatic carboxylic acids is 1. The number of aromatic amines is 1. The number of rotatable bonds is 5. The lowest BCUT2D eigenvalue weighted by Gasteiger charge is -1.94. The summed E-state index contributed by atoms with van der Waals surface area (Å²) in [5.74, 6) is 0.749. The molecule has 0 bridgehead atoms. The van der Waals surface area contributed by atoms with Gasteiger partial charge >= 0.3 is 5.97 Å². The van der Waals surface area contributed by atoms with E-state index in [4.69, 9.17) is 5.11 Å². The fourth-order valence-electron chi connectivity index (χ4n) is 1.63. The summed E-state index contributed by atoms with van der Waals surface area (Å²) in [6, 6.07) is 6.15. The van der Waals surface area contributed by atoms with E-state index >= 15 is 0 Å². The van der Waals surface area contributed by atoms with Gasteiger partial charge in [0.25, 0.3) is 0 Å². The smallest absolute Gasteiger partial charge is 0.313 e. The van der Waals surface area contributed by atoms with E-state index in [1.807, 2.05) is 6.07 Å². The first kappa shape index (κ1) is 12.0. The van der Waals surface area contributed by atoms with Crippen molar-refractivity contribution in [3.63, 3.8) is 0 Å². The second kappa shape index (κ2) is 5.23. The zero-order valence-electron chi connectivity index (χ0n) is 9.56. The molecule has 0 saturated carbocycles. The van der Waals surface area contributed by atoms with Crippen LogP contribution in [0.3, 0.4) is 0 Å². The molecule has 1 heterocycles. The molecule has 0 spiro atoms. The van der Waals surface area contributed by atoms with Gasteiger partial charge in [-0.3, -0.25) is 4.79 Å². The second-order valence-corrected chi connectivity index (χ2v) is 4.76. The van der Waals surface area contributed by atoms with Crippen LogP contribution in [0.5, 0.6) is 0 Å². The Balaban J connectivity index is 2.11. The minimum absolute atomic E-state index is 0.108. The van der Waals surface area contributed by atoms with Gasteiger partial charge in [-0.25, -0.2) is 4.98 Å². The van der Waals surface area contributed by atoms with Gasteiger partial charge in [0.15, 0.2) is 0 Å². The molecule has 0 aliphatic heterocycles. The number of nitrogens with zero attached hydrogens (tertiary/aromatic N) is 1. The average Bonchev–Trinajstić information content (AvgIpc) is 2.69. The Kier molecular flexibility index (Phi) is 3.68. The number of imidazole rings is 1. The predicted molar refractivity (Wildman–Crippen MR) is 69.3 cm³/mol. The number of benzene rings is 1. The highest BCUT2D eigenvalue weighted by atomic mass is 32.2. The van der Waals surface area contributed by atoms with Crippen molar-refractivity contribution in [3.05, 3.63) is 29.6 Å². The van der Waals surface area contributed by atoms with E-state index in [9.17, 15) is 4.79 Å². The van der Waals surface area contributed by atoms with Crippen molar-refractivity contribution in [1.29, 1.82) is 0 Å². The van der Waals surface area contributed by atoms with Crippen LogP contribution in [0.2, 0.25) is 0 Å². The third-order valence-corrected chi connectivity index (χ3v) is 3.40. The zero-order valence-corrected chi connectivity index (χ0v) is 10.4. The van der Waals surface area contributed by atoms with Crippen LogP contribution in [-0.2, 0) is 17.0 Å². The van der Waals surface area contributed by atoms with Crippen LogP contribution in [0, 0.1) is 0 Å². The van der Waals surface area contributed by atoms with Crippen LogP contribution in [0.15, 0.2) is 18.2 Å². The van der Waals surface area contributed by atoms with Crippen molar-refractivity contribution in [1.82, 2.24) is 9.97 Å². The van der Waals surface area contributed by atoms with Crippen LogP contribution in [0.4, 0.5) is 0 Å². The van der Waals surface area contributed by atoms with Gasteiger partial charge in [-0.1, -0.05) is 13.0 Å². The van der Waals surface area contributed by atoms with E-state index in [1.165, 1.54) is 17.3 Å². The molecule has 0 aliphatic rings. The number of carboxylic acid groups (broad SMARTS) is 1. The molecule has 4 nitrogen and oxygen atoms in total. The molecule has 2 rings (SSSR count). The van der Waals surface area contributed by atoms with Gasteiger partial charge < -0.3 is 10.1 Å². The summed E-state index contributed by atoms with van der Waals surface area (Å²) in [5.41, 5.74) is 3.23. The van der Waals surface area contributed by atoms with Gasteiger partial charge in [0.05, 0.1) is 22.5 Å². The number of carboxylic acids is 1. The Bertz CT molecular complexity index is 536. The number of nitrogens with one attached hydrogen (secondary N) is 1. The normalized spacial score (nSPS) is 10.9. The number of H-pyrrole nitrogens is 1. The maximum absolute atomic E-state index is 10.4. The lowest BCUT2D eigenvalue weighted by Crippen LogP contribution is -1.98. The zero-order chi connectivity index (χ0) is 12.3. The van der Waals surface area contributed by atoms with Gasteiger partial charge in [-0.05, 0) is 24.1 Å². The van der Waals surface area contributed by atoms with Crippen LogP contribution in [-0.4, -0.2) is 26.8 Å². The van der Waals surface area contributed by atoms with E-state index in [1.54, 1.807) is 0 Å². The topological polar surface area (TPSA) is 66.0 Å². The lowest BCUT2D eigenvalue weighted by atomic mass is 10.1. The molecule has 1 aromatic heterocycles. The summed E-state index contributed by atoms with van der Waals surface area (Å²) in [5, 5.41) is 8.55. The van der Waals surface area contributed by atoms with E-state index in [2.05, 4.69) is 29.0 Å². The first-order valence-electron chi connectivity index (χ1n) is 5.46. The van der Waals surface area contributed by atoms with E-state index < -0.39 is 5.97 Å². The molecule has 0 saturated heterocycles. The molecule has 2 aromatic rings. The van der Waals surface area contributed by atoms with Crippen molar-refractivity contribution >= 4 is 28.8 Å². The number of hydrogen-bond acceptors (Lipinski definition) is 3. The third-order valence-electron chi connectivity index (χ3n) is 2.47. The number of fused-ring (bicyclic) bond motifs is 1. The largest absolute Gasteiger partial charge is 0.481 e. The Labute approximate surface area is 103 Å². The fourth-order valence-corrected chi connectivity index (χ4v) is 2.24. The van der Waals surface area contributed by atoms with Gasteiger partial charge in [0, 0.05) is 0 Å². The van der Waals surface area contributed by atoms with Crippen molar-refractivity contribution in [2.45, 2.75) is 19.1 Å².